The lowest BCUT2D eigenvalue weighted by atomic mass is 9.84. The van der Waals surface area contributed by atoms with Crippen molar-refractivity contribution in [3.63, 3.8) is 0 Å². The van der Waals surface area contributed by atoms with Crippen molar-refractivity contribution in [3.05, 3.63) is 28.8 Å². The maximum atomic E-state index is 11.0. The first-order chi connectivity index (χ1) is 13.3. The average molecular weight is 381 g/mol. The molecular weight excluding hydrogens is 348 g/mol. The zero-order valence-corrected chi connectivity index (χ0v) is 16.3. The molecule has 2 fully saturated rings. The number of nitrogens with two attached hydrogens (primary N) is 1. The molecule has 3 N–H and O–H groups in total. The summed E-state index contributed by atoms with van der Waals surface area (Å²) in [5.74, 6) is 0.352. The number of nitrogens with zero attached hydrogens (tertiary/aromatic N) is 2. The van der Waals surface area contributed by atoms with Gasteiger partial charge in [-0.25, -0.2) is 4.79 Å². The van der Waals surface area contributed by atoms with E-state index in [9.17, 15) is 4.79 Å². The summed E-state index contributed by atoms with van der Waals surface area (Å²) in [4.78, 5) is 15.2. The number of hydrogen-bond acceptors (Lipinski definition) is 3. The van der Waals surface area contributed by atoms with E-state index in [0.29, 0.717) is 25.4 Å². The molecule has 1 heterocycles. The van der Waals surface area contributed by atoms with Gasteiger partial charge < -0.3 is 16.0 Å². The van der Waals surface area contributed by atoms with Gasteiger partial charge >= 0.3 is 6.03 Å². The van der Waals surface area contributed by atoms with Crippen molar-refractivity contribution in [3.8, 4) is 0 Å². The lowest BCUT2D eigenvalue weighted by molar-refractivity contribution is 0.207. The fourth-order valence-corrected chi connectivity index (χ4v) is 4.20. The summed E-state index contributed by atoms with van der Waals surface area (Å²) in [6.45, 7) is 3.63. The number of piperazine rings is 1. The number of hydrogen-bond donors (Lipinski definition) is 2. The highest BCUT2D eigenvalue weighted by Gasteiger charge is 2.24. The summed E-state index contributed by atoms with van der Waals surface area (Å²) in [5.41, 5.74) is 7.31. The summed E-state index contributed by atoms with van der Waals surface area (Å²) in [6, 6.07) is 5.74. The molecule has 2 amide bonds. The fourth-order valence-electron chi connectivity index (χ4n) is 3.95. The fraction of sp³-hybridized carbons (Fsp3) is 0.650. The molecule has 0 unspecified atom stereocenters. The van der Waals surface area contributed by atoms with Crippen LogP contribution in [0, 0.1) is 12.8 Å². The van der Waals surface area contributed by atoms with Crippen molar-refractivity contribution in [2.24, 2.45) is 11.7 Å². The van der Waals surface area contributed by atoms with Crippen LogP contribution in [0.4, 0.5) is 10.5 Å². The molecule has 6 heteroatoms. The number of nitrogens with one attached hydrogen (secondary N) is 1. The molecule has 0 aromatic heterocycles. The van der Waals surface area contributed by atoms with Crippen LogP contribution in [0.15, 0.2) is 18.2 Å². The molecule has 0 radical (unpaired) electrons. The van der Waals surface area contributed by atoms with Crippen molar-refractivity contribution in [2.75, 3.05) is 37.6 Å². The van der Waals surface area contributed by atoms with Crippen molar-refractivity contribution in [2.45, 2.75) is 45.1 Å². The molecule has 0 spiro atoms. The van der Waals surface area contributed by atoms with Crippen LogP contribution >= 0.6 is 11.6 Å². The molecule has 3 rings (SSSR count). The topological polar surface area (TPSA) is 61.6 Å². The summed E-state index contributed by atoms with van der Waals surface area (Å²) >= 11 is 6.46. The number of primary amides is 1. The van der Waals surface area contributed by atoms with Crippen LogP contribution in [0.3, 0.4) is 0 Å². The number of urea groups is 1. The number of benzene rings is 1. The van der Waals surface area contributed by atoms with Crippen molar-refractivity contribution < 1.29 is 7.54 Å². The second-order valence-electron chi connectivity index (χ2n) is 7.47. The molecule has 1 aromatic rings. The van der Waals surface area contributed by atoms with Gasteiger partial charge in [-0.3, -0.25) is 4.90 Å². The van der Waals surface area contributed by atoms with Crippen LogP contribution in [0.25, 0.3) is 0 Å². The summed E-state index contributed by atoms with van der Waals surface area (Å²) in [7, 11) is 0. The van der Waals surface area contributed by atoms with Gasteiger partial charge in [0.25, 0.3) is 0 Å². The van der Waals surface area contributed by atoms with E-state index >= 15 is 0 Å². The van der Waals surface area contributed by atoms with Crippen molar-refractivity contribution >= 4 is 23.3 Å². The first kappa shape index (κ1) is 16.7. The minimum absolute atomic E-state index is 0.141. The van der Waals surface area contributed by atoms with Crippen molar-refractivity contribution in [1.82, 2.24) is 10.2 Å². The van der Waals surface area contributed by atoms with Crippen LogP contribution in [-0.2, 0) is 0 Å². The number of aryl methyl sites for hydroxylation is 1. The van der Waals surface area contributed by atoms with Gasteiger partial charge in [0.2, 0.25) is 0 Å². The van der Waals surface area contributed by atoms with Crippen molar-refractivity contribution in [1.29, 1.82) is 0 Å². The number of carbonyl (C=O) groups excluding carboxylic acids is 1. The van der Waals surface area contributed by atoms with Crippen LogP contribution in [-0.4, -0.2) is 49.6 Å². The maximum Gasteiger partial charge on any atom is 0.312 e. The molecule has 0 bridgehead atoms. The first-order valence-electron chi connectivity index (χ1n) is 10.6. The zero-order valence-electron chi connectivity index (χ0n) is 17.5. The van der Waals surface area contributed by atoms with E-state index < -0.39 is 12.5 Å². The second kappa shape index (κ2) is 8.96. The van der Waals surface area contributed by atoms with Gasteiger partial charge in [0, 0.05) is 35.0 Å². The highest BCUT2D eigenvalue weighted by Crippen LogP contribution is 2.30. The number of carbonyl (C=O) groups is 1. The van der Waals surface area contributed by atoms with E-state index in [-0.39, 0.29) is 6.04 Å². The Morgan fingerprint density at radius 2 is 1.96 bits per heavy atom. The molecule has 1 aromatic carbocycles. The van der Waals surface area contributed by atoms with Crippen LogP contribution in [0.5, 0.6) is 0 Å². The van der Waals surface area contributed by atoms with E-state index in [4.69, 9.17) is 20.1 Å². The number of amides is 2. The van der Waals surface area contributed by atoms with Gasteiger partial charge in [-0.1, -0.05) is 23.7 Å². The van der Waals surface area contributed by atoms with Crippen LogP contribution in [0.2, 0.25) is 5.02 Å². The third kappa shape index (κ3) is 5.04. The van der Waals surface area contributed by atoms with Gasteiger partial charge in [-0.2, -0.15) is 0 Å². The van der Waals surface area contributed by atoms with Gasteiger partial charge in [0.05, 0.1) is 10.7 Å². The smallest absolute Gasteiger partial charge is 0.312 e. The molecule has 1 saturated carbocycles. The molecule has 1 aliphatic heterocycles. The predicted octanol–water partition coefficient (Wildman–Crippen LogP) is 3.39. The molecule has 1 aliphatic carbocycles. The Kier molecular flexibility index (Phi) is 5.75. The Morgan fingerprint density at radius 1 is 1.27 bits per heavy atom. The quantitative estimate of drug-likeness (QED) is 0.823. The predicted molar refractivity (Wildman–Crippen MR) is 108 cm³/mol. The lowest BCUT2D eigenvalue weighted by Gasteiger charge is -2.37. The average Bonchev–Trinajstić information content (AvgIpc) is 2.65. The summed E-state index contributed by atoms with van der Waals surface area (Å²) in [6.07, 6.45) is 4.17. The SMILES string of the molecule is [2H]C([2H])(C[C@H]1CC[C@H](NC(N)=O)CC1)N1CCN(c2cccc(C)c2Cl)CC1. The Bertz CT molecular complexity index is 687. The van der Waals surface area contributed by atoms with Crippen LogP contribution < -0.4 is 16.0 Å². The third-order valence-electron chi connectivity index (χ3n) is 5.59. The largest absolute Gasteiger partial charge is 0.368 e. The van der Waals surface area contributed by atoms with Crippen LogP contribution in [0.1, 0.15) is 40.4 Å². The van der Waals surface area contributed by atoms with E-state index in [1.54, 1.807) is 0 Å². The van der Waals surface area contributed by atoms with Gasteiger partial charge in [0.1, 0.15) is 0 Å². The maximum absolute atomic E-state index is 11.0. The second-order valence-corrected chi connectivity index (χ2v) is 7.85. The Balaban J connectivity index is 1.51. The highest BCUT2D eigenvalue weighted by atomic mass is 35.5. The van der Waals surface area contributed by atoms with E-state index in [1.165, 1.54) is 0 Å². The monoisotopic (exact) mass is 380 g/mol. The normalized spacial score (nSPS) is 26.2. The first-order valence-corrected chi connectivity index (χ1v) is 9.95. The standard InChI is InChI=1S/C20H31ClN4O/c1-15-3-2-4-18(19(15)21)25-13-11-24(12-14-25)10-9-16-5-7-17(8-6-16)23-20(22)26/h2-4,16-17H,5-14H2,1H3,(H3,22,23,26)/t16-,17-/i10D2. The summed E-state index contributed by atoms with van der Waals surface area (Å²) < 4.78 is 17.3. The Morgan fingerprint density at radius 3 is 2.62 bits per heavy atom. The van der Waals surface area contributed by atoms with Gasteiger partial charge in [0.15, 0.2) is 0 Å². The molecule has 2 aliphatic rings. The lowest BCUT2D eigenvalue weighted by Crippen LogP contribution is -2.47. The third-order valence-corrected chi connectivity index (χ3v) is 6.08. The number of anilines is 1. The van der Waals surface area contributed by atoms with Gasteiger partial charge in [-0.05, 0) is 63.1 Å². The van der Waals surface area contributed by atoms with E-state index in [2.05, 4.69) is 10.2 Å². The Labute approximate surface area is 164 Å². The highest BCUT2D eigenvalue weighted by molar-refractivity contribution is 6.34. The number of halogens is 1. The molecule has 5 nitrogen and oxygen atoms in total. The minimum atomic E-state index is -1.31. The Hall–Kier alpha value is -1.46. The summed E-state index contributed by atoms with van der Waals surface area (Å²) in [5, 5.41) is 3.57. The molecule has 26 heavy (non-hydrogen) atoms. The molecule has 1 saturated heterocycles. The van der Waals surface area contributed by atoms with Gasteiger partial charge in [-0.15, -0.1) is 0 Å². The number of rotatable bonds is 5. The minimum Gasteiger partial charge on any atom is -0.368 e. The van der Waals surface area contributed by atoms with E-state index in [0.717, 1.165) is 55.0 Å². The molecule has 144 valence electrons. The van der Waals surface area contributed by atoms with E-state index in [1.807, 2.05) is 30.0 Å². The molecule has 0 atom stereocenters. The zero-order chi connectivity index (χ0) is 20.3. The molecular formula is C20H31ClN4O.